The van der Waals surface area contributed by atoms with Crippen molar-refractivity contribution in [1.82, 2.24) is 19.6 Å². The van der Waals surface area contributed by atoms with Crippen molar-refractivity contribution in [3.05, 3.63) is 53.5 Å². The monoisotopic (exact) mass is 333 g/mol. The van der Waals surface area contributed by atoms with Gasteiger partial charge in [-0.15, -0.1) is 0 Å². The summed E-state index contributed by atoms with van der Waals surface area (Å²) in [5.41, 5.74) is 0.933. The molecule has 0 fully saturated rings. The van der Waals surface area contributed by atoms with Crippen molar-refractivity contribution in [3.63, 3.8) is 0 Å². The molecule has 0 aliphatic heterocycles. The SMILES string of the molecule is COCc1cc(N(C)[C@H](C)c2cc(F)ccc2F)n2ncnc2n1. The number of methoxy groups -OCH3 is 1. The lowest BCUT2D eigenvalue weighted by Crippen LogP contribution is -2.25. The van der Waals surface area contributed by atoms with Gasteiger partial charge < -0.3 is 9.64 Å². The van der Waals surface area contributed by atoms with Gasteiger partial charge in [0, 0.05) is 25.8 Å². The van der Waals surface area contributed by atoms with Crippen LogP contribution >= 0.6 is 0 Å². The lowest BCUT2D eigenvalue weighted by molar-refractivity contribution is 0.181. The molecule has 3 aromatic rings. The summed E-state index contributed by atoms with van der Waals surface area (Å²) in [5.74, 6) is 0.128. The molecule has 2 heterocycles. The van der Waals surface area contributed by atoms with Crippen molar-refractivity contribution < 1.29 is 13.5 Å². The highest BCUT2D eigenvalue weighted by molar-refractivity contribution is 5.48. The lowest BCUT2D eigenvalue weighted by Gasteiger charge is -2.28. The van der Waals surface area contributed by atoms with Crippen LogP contribution < -0.4 is 4.90 Å². The summed E-state index contributed by atoms with van der Waals surface area (Å²) >= 11 is 0. The van der Waals surface area contributed by atoms with Crippen LogP contribution in [0.25, 0.3) is 5.78 Å². The van der Waals surface area contributed by atoms with Gasteiger partial charge in [0.05, 0.1) is 18.3 Å². The first-order valence-corrected chi connectivity index (χ1v) is 7.37. The van der Waals surface area contributed by atoms with E-state index in [-0.39, 0.29) is 5.56 Å². The van der Waals surface area contributed by atoms with E-state index in [0.717, 1.165) is 12.1 Å². The number of halogens is 2. The summed E-state index contributed by atoms with van der Waals surface area (Å²) in [7, 11) is 3.35. The molecule has 0 aliphatic carbocycles. The Kier molecular flexibility index (Phi) is 4.39. The van der Waals surface area contributed by atoms with E-state index in [4.69, 9.17) is 4.74 Å². The number of hydrogen-bond donors (Lipinski definition) is 0. The van der Waals surface area contributed by atoms with Crippen LogP contribution in [0, 0.1) is 11.6 Å². The first-order valence-electron chi connectivity index (χ1n) is 7.37. The van der Waals surface area contributed by atoms with Crippen LogP contribution in [0.15, 0.2) is 30.6 Å². The Labute approximate surface area is 137 Å². The van der Waals surface area contributed by atoms with E-state index in [1.54, 1.807) is 36.6 Å². The minimum atomic E-state index is -0.479. The number of benzene rings is 1. The normalized spacial score (nSPS) is 12.5. The largest absolute Gasteiger partial charge is 0.378 e. The Morgan fingerprint density at radius 1 is 1.29 bits per heavy atom. The van der Waals surface area contributed by atoms with Gasteiger partial charge in [-0.1, -0.05) is 0 Å². The second-order valence-corrected chi connectivity index (χ2v) is 5.46. The number of anilines is 1. The van der Waals surface area contributed by atoms with Gasteiger partial charge in [0.25, 0.3) is 5.78 Å². The second-order valence-electron chi connectivity index (χ2n) is 5.46. The van der Waals surface area contributed by atoms with Gasteiger partial charge in [-0.05, 0) is 25.1 Å². The zero-order valence-electron chi connectivity index (χ0n) is 13.6. The Hall–Kier alpha value is -2.61. The van der Waals surface area contributed by atoms with Crippen molar-refractivity contribution in [1.29, 1.82) is 0 Å². The minimum absolute atomic E-state index is 0.260. The average Bonchev–Trinajstić information content (AvgIpc) is 3.04. The summed E-state index contributed by atoms with van der Waals surface area (Å²) in [6.07, 6.45) is 1.39. The molecule has 2 aromatic heterocycles. The molecule has 0 unspecified atom stereocenters. The van der Waals surface area contributed by atoms with Gasteiger partial charge in [-0.25, -0.2) is 13.8 Å². The molecular formula is C16H17F2N5O. The topological polar surface area (TPSA) is 55.6 Å². The molecule has 24 heavy (non-hydrogen) atoms. The molecule has 126 valence electrons. The van der Waals surface area contributed by atoms with Crippen molar-refractivity contribution >= 4 is 11.6 Å². The highest BCUT2D eigenvalue weighted by atomic mass is 19.1. The summed E-state index contributed by atoms with van der Waals surface area (Å²) < 4.78 is 34.3. The number of nitrogens with zero attached hydrogens (tertiary/aromatic N) is 5. The van der Waals surface area contributed by atoms with Gasteiger partial charge >= 0.3 is 0 Å². The molecule has 6 nitrogen and oxygen atoms in total. The molecule has 3 rings (SSSR count). The maximum Gasteiger partial charge on any atom is 0.254 e. The first-order chi connectivity index (χ1) is 11.5. The fourth-order valence-corrected chi connectivity index (χ4v) is 2.56. The van der Waals surface area contributed by atoms with Crippen LogP contribution in [-0.2, 0) is 11.3 Å². The Morgan fingerprint density at radius 2 is 2.08 bits per heavy atom. The van der Waals surface area contributed by atoms with Crippen LogP contribution in [0.4, 0.5) is 14.6 Å². The van der Waals surface area contributed by atoms with Gasteiger partial charge in [0.15, 0.2) is 0 Å². The van der Waals surface area contributed by atoms with Crippen LogP contribution in [0.5, 0.6) is 0 Å². The summed E-state index contributed by atoms with van der Waals surface area (Å²) in [4.78, 5) is 10.2. The molecule has 0 spiro atoms. The van der Waals surface area contributed by atoms with E-state index in [2.05, 4.69) is 15.1 Å². The molecule has 1 aromatic carbocycles. The molecule has 0 radical (unpaired) electrons. The van der Waals surface area contributed by atoms with Crippen LogP contribution in [0.2, 0.25) is 0 Å². The third-order valence-corrected chi connectivity index (χ3v) is 3.93. The van der Waals surface area contributed by atoms with Gasteiger partial charge in [0.2, 0.25) is 0 Å². The zero-order valence-corrected chi connectivity index (χ0v) is 13.6. The van der Waals surface area contributed by atoms with Crippen molar-refractivity contribution in [2.45, 2.75) is 19.6 Å². The predicted octanol–water partition coefficient (Wildman–Crippen LogP) is 2.75. The number of rotatable bonds is 5. The van der Waals surface area contributed by atoms with E-state index in [0.29, 0.717) is 23.9 Å². The van der Waals surface area contributed by atoms with E-state index in [9.17, 15) is 8.78 Å². The summed E-state index contributed by atoms with van der Waals surface area (Å²) in [6, 6.07) is 4.80. The predicted molar refractivity (Wildman–Crippen MR) is 84.7 cm³/mol. The number of hydrogen-bond acceptors (Lipinski definition) is 5. The fourth-order valence-electron chi connectivity index (χ4n) is 2.56. The molecule has 1 atom stereocenters. The molecule has 0 saturated carbocycles. The molecule has 0 aliphatic rings. The minimum Gasteiger partial charge on any atom is -0.378 e. The van der Waals surface area contributed by atoms with Crippen LogP contribution in [-0.4, -0.2) is 33.7 Å². The van der Waals surface area contributed by atoms with Crippen molar-refractivity contribution in [2.75, 3.05) is 19.1 Å². The highest BCUT2D eigenvalue weighted by Gasteiger charge is 2.20. The zero-order chi connectivity index (χ0) is 17.3. The smallest absolute Gasteiger partial charge is 0.254 e. The molecular weight excluding hydrogens is 316 g/mol. The Morgan fingerprint density at radius 3 is 2.83 bits per heavy atom. The maximum absolute atomic E-state index is 14.1. The highest BCUT2D eigenvalue weighted by Crippen LogP contribution is 2.28. The molecule has 8 heteroatoms. The van der Waals surface area contributed by atoms with Gasteiger partial charge in [-0.3, -0.25) is 0 Å². The second kappa shape index (κ2) is 6.48. The van der Waals surface area contributed by atoms with Crippen molar-refractivity contribution in [3.8, 4) is 0 Å². The van der Waals surface area contributed by atoms with Gasteiger partial charge in [0.1, 0.15) is 23.8 Å². The van der Waals surface area contributed by atoms with Gasteiger partial charge in [-0.2, -0.15) is 14.6 Å². The Bertz CT molecular complexity index is 867. The third-order valence-electron chi connectivity index (χ3n) is 3.93. The van der Waals surface area contributed by atoms with E-state index < -0.39 is 17.7 Å². The number of fused-ring (bicyclic) bond motifs is 1. The number of aromatic nitrogens is 4. The van der Waals surface area contributed by atoms with E-state index in [1.165, 1.54) is 12.4 Å². The first kappa shape index (κ1) is 16.3. The van der Waals surface area contributed by atoms with Crippen molar-refractivity contribution in [2.24, 2.45) is 0 Å². The molecule has 0 saturated heterocycles. The molecule has 0 bridgehead atoms. The maximum atomic E-state index is 14.1. The molecule has 0 amide bonds. The average molecular weight is 333 g/mol. The number of ether oxygens (including phenoxy) is 1. The Balaban J connectivity index is 2.05. The third kappa shape index (κ3) is 2.92. The van der Waals surface area contributed by atoms with Crippen LogP contribution in [0.1, 0.15) is 24.2 Å². The lowest BCUT2D eigenvalue weighted by atomic mass is 10.1. The quantitative estimate of drug-likeness (QED) is 0.719. The van der Waals surface area contributed by atoms with Crippen LogP contribution in [0.3, 0.4) is 0 Å². The van der Waals surface area contributed by atoms with E-state index >= 15 is 0 Å². The summed E-state index contributed by atoms with van der Waals surface area (Å²) in [5, 5.41) is 4.15. The summed E-state index contributed by atoms with van der Waals surface area (Å²) in [6.45, 7) is 2.10. The molecule has 0 N–H and O–H groups in total. The fraction of sp³-hybridized carbons (Fsp3) is 0.312. The van der Waals surface area contributed by atoms with E-state index in [1.807, 2.05) is 0 Å². The standard InChI is InChI=1S/C16H17F2N5O/c1-10(13-6-11(17)4-5-14(13)18)22(2)15-7-12(8-24-3)21-16-19-9-20-23(15)16/h4-7,9-10H,8H2,1-3H3/t10-/m1/s1.